The molecule has 0 aliphatic rings. The van der Waals surface area contributed by atoms with Crippen LogP contribution in [0.15, 0.2) is 97.1 Å². The van der Waals surface area contributed by atoms with Crippen LogP contribution >= 0.6 is 0 Å². The molecule has 28 heavy (non-hydrogen) atoms. The summed E-state index contributed by atoms with van der Waals surface area (Å²) in [7, 11) is 0. The molecule has 0 aromatic heterocycles. The van der Waals surface area contributed by atoms with E-state index in [2.05, 4.69) is 97.1 Å². The summed E-state index contributed by atoms with van der Waals surface area (Å²) in [4.78, 5) is 0. The number of hydrogen-bond donors (Lipinski definition) is 0. The normalized spacial score (nSPS) is 12.3. The molecule has 0 fully saturated rings. The fourth-order valence-electron chi connectivity index (χ4n) is 5.19. The lowest BCUT2D eigenvalue weighted by Crippen LogP contribution is -1.88. The lowest BCUT2D eigenvalue weighted by atomic mass is 9.86. The molecule has 0 bridgehead atoms. The summed E-state index contributed by atoms with van der Waals surface area (Å²) in [5, 5.41) is 16.2. The largest absolute Gasteiger partial charge is 0.0616 e. The van der Waals surface area contributed by atoms with E-state index >= 15 is 0 Å². The summed E-state index contributed by atoms with van der Waals surface area (Å²) in [5.41, 5.74) is 0. The lowest BCUT2D eigenvalue weighted by Gasteiger charge is -2.17. The van der Waals surface area contributed by atoms with Gasteiger partial charge in [0.05, 0.1) is 0 Å². The molecular formula is C28H16. The van der Waals surface area contributed by atoms with Gasteiger partial charge in [0.25, 0.3) is 0 Å². The van der Waals surface area contributed by atoms with E-state index in [1.807, 2.05) is 0 Å². The van der Waals surface area contributed by atoms with E-state index in [9.17, 15) is 0 Å². The van der Waals surface area contributed by atoms with Crippen LogP contribution < -0.4 is 0 Å². The molecule has 7 aromatic rings. The Bertz CT molecular complexity index is 1700. The molecule has 0 aliphatic heterocycles. The highest BCUT2D eigenvalue weighted by atomic mass is 14.2. The lowest BCUT2D eigenvalue weighted by molar-refractivity contribution is 1.79. The number of hydrogen-bond acceptors (Lipinski definition) is 0. The third kappa shape index (κ3) is 1.66. The highest BCUT2D eigenvalue weighted by molar-refractivity contribution is 6.39. The van der Waals surface area contributed by atoms with Crippen molar-refractivity contribution in [3.63, 3.8) is 0 Å². The van der Waals surface area contributed by atoms with Crippen LogP contribution in [0.1, 0.15) is 0 Å². The van der Waals surface area contributed by atoms with E-state index in [0.717, 1.165) is 0 Å². The van der Waals surface area contributed by atoms with Crippen molar-refractivity contribution in [2.24, 2.45) is 0 Å². The van der Waals surface area contributed by atoms with E-state index < -0.39 is 0 Å². The molecule has 0 unspecified atom stereocenters. The monoisotopic (exact) mass is 352 g/mol. The van der Waals surface area contributed by atoms with E-state index in [4.69, 9.17) is 0 Å². The summed E-state index contributed by atoms with van der Waals surface area (Å²) in [6.07, 6.45) is 0. The van der Waals surface area contributed by atoms with Crippen LogP contribution in [0.2, 0.25) is 0 Å². The second kappa shape index (κ2) is 4.99. The molecular weight excluding hydrogens is 336 g/mol. The molecule has 0 spiro atoms. The maximum Gasteiger partial charge on any atom is -0.00139 e. The summed E-state index contributed by atoms with van der Waals surface area (Å²) < 4.78 is 0. The quantitative estimate of drug-likeness (QED) is 0.191. The zero-order valence-corrected chi connectivity index (χ0v) is 15.2. The van der Waals surface area contributed by atoms with Crippen molar-refractivity contribution in [1.29, 1.82) is 0 Å². The molecule has 0 radical (unpaired) electrons. The maximum absolute atomic E-state index is 2.32. The Labute approximate surface area is 162 Å². The molecule has 0 heteroatoms. The molecule has 0 saturated heterocycles. The van der Waals surface area contributed by atoms with Crippen molar-refractivity contribution in [2.45, 2.75) is 0 Å². The minimum atomic E-state index is 1.30. The number of rotatable bonds is 0. The van der Waals surface area contributed by atoms with Crippen molar-refractivity contribution in [2.75, 3.05) is 0 Å². The average Bonchev–Trinajstić information content (AvgIpc) is 2.77. The number of fused-ring (bicyclic) bond motifs is 7. The first-order chi connectivity index (χ1) is 13.9. The van der Waals surface area contributed by atoms with Crippen LogP contribution in [0.4, 0.5) is 0 Å². The second-order valence-corrected chi connectivity index (χ2v) is 7.75. The molecule has 0 nitrogen and oxygen atoms in total. The van der Waals surface area contributed by atoms with E-state index in [1.165, 1.54) is 64.6 Å². The highest BCUT2D eigenvalue weighted by Gasteiger charge is 2.15. The average molecular weight is 352 g/mol. The van der Waals surface area contributed by atoms with Crippen LogP contribution in [0, 0.1) is 0 Å². The van der Waals surface area contributed by atoms with Gasteiger partial charge in [-0.3, -0.25) is 0 Å². The summed E-state index contributed by atoms with van der Waals surface area (Å²) in [5.74, 6) is 0. The van der Waals surface area contributed by atoms with Gasteiger partial charge in [0.2, 0.25) is 0 Å². The van der Waals surface area contributed by atoms with Gasteiger partial charge in [0, 0.05) is 0 Å². The van der Waals surface area contributed by atoms with Gasteiger partial charge in [-0.1, -0.05) is 97.1 Å². The summed E-state index contributed by atoms with van der Waals surface area (Å²) in [6.45, 7) is 0. The van der Waals surface area contributed by atoms with Crippen LogP contribution in [0.3, 0.4) is 0 Å². The van der Waals surface area contributed by atoms with Gasteiger partial charge in [0.15, 0.2) is 0 Å². The highest BCUT2D eigenvalue weighted by Crippen LogP contribution is 2.44. The second-order valence-electron chi connectivity index (χ2n) is 7.75. The van der Waals surface area contributed by atoms with Gasteiger partial charge in [-0.2, -0.15) is 0 Å². The van der Waals surface area contributed by atoms with Crippen molar-refractivity contribution >= 4 is 64.6 Å². The van der Waals surface area contributed by atoms with Gasteiger partial charge < -0.3 is 0 Å². The first kappa shape index (κ1) is 14.4. The van der Waals surface area contributed by atoms with Gasteiger partial charge in [-0.15, -0.1) is 0 Å². The molecule has 7 rings (SSSR count). The minimum Gasteiger partial charge on any atom is -0.0616 e. The third-order valence-electron chi connectivity index (χ3n) is 6.36. The Morgan fingerprint density at radius 1 is 0.250 bits per heavy atom. The maximum atomic E-state index is 2.32. The van der Waals surface area contributed by atoms with Gasteiger partial charge >= 0.3 is 0 Å². The molecule has 7 aromatic carbocycles. The molecule has 0 saturated carbocycles. The molecule has 0 aliphatic carbocycles. The SMILES string of the molecule is c1ccc2c(c1)ccc1ccc3c4cccc5ccc6cccc(c6c54)c3c12. The zero-order chi connectivity index (χ0) is 18.2. The van der Waals surface area contributed by atoms with Crippen molar-refractivity contribution in [3.05, 3.63) is 97.1 Å². The van der Waals surface area contributed by atoms with Crippen LogP contribution in [-0.4, -0.2) is 0 Å². The van der Waals surface area contributed by atoms with E-state index in [0.29, 0.717) is 0 Å². The Balaban J connectivity index is 1.95. The molecule has 128 valence electrons. The van der Waals surface area contributed by atoms with E-state index in [1.54, 1.807) is 0 Å². The van der Waals surface area contributed by atoms with Crippen molar-refractivity contribution in [3.8, 4) is 0 Å². The standard InChI is InChI=1S/C28H16/c1-2-8-21-17(5-1)11-12-20-15-16-23-22-9-3-6-18-13-14-19-7-4-10-24(27(19)26(18)22)28(23)25(20)21/h1-16H. The number of benzene rings is 7. The topological polar surface area (TPSA) is 0 Å². The Hall–Kier alpha value is -3.64. The van der Waals surface area contributed by atoms with Crippen LogP contribution in [0.25, 0.3) is 64.6 Å². The van der Waals surface area contributed by atoms with Gasteiger partial charge in [-0.25, -0.2) is 0 Å². The summed E-state index contributed by atoms with van der Waals surface area (Å²) >= 11 is 0. The molecule has 0 amide bonds. The third-order valence-corrected chi connectivity index (χ3v) is 6.36. The van der Waals surface area contributed by atoms with E-state index in [-0.39, 0.29) is 0 Å². The zero-order valence-electron chi connectivity index (χ0n) is 15.2. The first-order valence-corrected chi connectivity index (χ1v) is 9.80. The molecule has 0 atom stereocenters. The van der Waals surface area contributed by atoms with Crippen LogP contribution in [-0.2, 0) is 0 Å². The molecule has 0 N–H and O–H groups in total. The fraction of sp³-hybridized carbons (Fsp3) is 0. The Morgan fingerprint density at radius 3 is 1.54 bits per heavy atom. The first-order valence-electron chi connectivity index (χ1n) is 9.80. The van der Waals surface area contributed by atoms with Crippen LogP contribution in [0.5, 0.6) is 0 Å². The fourth-order valence-corrected chi connectivity index (χ4v) is 5.19. The molecule has 0 heterocycles. The minimum absolute atomic E-state index is 1.30. The Morgan fingerprint density at radius 2 is 0.714 bits per heavy atom. The predicted molar refractivity (Wildman–Crippen MR) is 123 cm³/mol. The Kier molecular flexibility index (Phi) is 2.57. The van der Waals surface area contributed by atoms with Crippen molar-refractivity contribution in [1.82, 2.24) is 0 Å². The van der Waals surface area contributed by atoms with Gasteiger partial charge in [0.1, 0.15) is 0 Å². The smallest absolute Gasteiger partial charge is 0.00139 e. The van der Waals surface area contributed by atoms with Crippen molar-refractivity contribution < 1.29 is 0 Å². The van der Waals surface area contributed by atoms with Gasteiger partial charge in [-0.05, 0) is 64.6 Å². The predicted octanol–water partition coefficient (Wildman–Crippen LogP) is 8.04. The summed E-state index contributed by atoms with van der Waals surface area (Å²) in [6, 6.07) is 35.8.